The number of thioether (sulfide) groups is 1. The molecule has 1 heterocycles. The Hall–Kier alpha value is 0.266. The van der Waals surface area contributed by atoms with Crippen molar-refractivity contribution in [2.24, 2.45) is 5.41 Å². The van der Waals surface area contributed by atoms with E-state index in [1.165, 1.54) is 41.7 Å². The molecular formula is C13H21CoNS. The maximum absolute atomic E-state index is 4.77. The van der Waals surface area contributed by atoms with Crippen molar-refractivity contribution in [1.82, 2.24) is 4.90 Å². The molecule has 1 aliphatic carbocycles. The van der Waals surface area contributed by atoms with Crippen LogP contribution in [0.1, 0.15) is 39.5 Å². The predicted octanol–water partition coefficient (Wildman–Crippen LogP) is 3.20. The molecule has 0 amide bonds. The molecule has 0 radical (unpaired) electrons. The molecule has 3 heteroatoms. The summed E-state index contributed by atoms with van der Waals surface area (Å²) in [6.07, 6.45) is 7.23. The quantitative estimate of drug-likeness (QED) is 0.765. The van der Waals surface area contributed by atoms with Gasteiger partial charge in [-0.3, -0.25) is 0 Å². The van der Waals surface area contributed by atoms with Crippen LogP contribution in [0, 0.1) is 5.41 Å². The summed E-state index contributed by atoms with van der Waals surface area (Å²) in [4.78, 5) is 4.03. The van der Waals surface area contributed by atoms with Crippen LogP contribution in [-0.2, 0) is 15.3 Å². The fourth-order valence-corrected chi connectivity index (χ4v) is 4.38. The van der Waals surface area contributed by atoms with E-state index >= 15 is 0 Å². The van der Waals surface area contributed by atoms with E-state index in [9.17, 15) is 0 Å². The molecule has 93 valence electrons. The van der Waals surface area contributed by atoms with Crippen LogP contribution in [0.15, 0.2) is 10.6 Å². The van der Waals surface area contributed by atoms with Crippen molar-refractivity contribution in [2.75, 3.05) is 19.3 Å². The fraction of sp³-hybridized carbons (Fsp3) is 0.769. The molecule has 2 rings (SSSR count). The predicted molar refractivity (Wildman–Crippen MR) is 69.4 cm³/mol. The first-order valence-corrected chi connectivity index (χ1v) is 7.79. The Bertz CT molecular complexity index is 327. The van der Waals surface area contributed by atoms with Gasteiger partial charge in [-0.2, -0.15) is 0 Å². The van der Waals surface area contributed by atoms with Crippen molar-refractivity contribution in [2.45, 2.75) is 39.5 Å². The Morgan fingerprint density at radius 2 is 1.81 bits per heavy atom. The summed E-state index contributed by atoms with van der Waals surface area (Å²) in [5, 5.41) is 0. The molecular weight excluding hydrogens is 261 g/mol. The van der Waals surface area contributed by atoms with Crippen LogP contribution >= 0.6 is 11.8 Å². The molecule has 0 atom stereocenters. The van der Waals surface area contributed by atoms with Crippen LogP contribution < -0.4 is 0 Å². The summed E-state index contributed by atoms with van der Waals surface area (Å²) in [6.45, 7) is 7.20. The minimum absolute atomic E-state index is 0.381. The summed E-state index contributed by atoms with van der Waals surface area (Å²) in [6, 6.07) is 0. The Labute approximate surface area is 111 Å². The van der Waals surface area contributed by atoms with Crippen LogP contribution in [0.4, 0.5) is 0 Å². The van der Waals surface area contributed by atoms with Crippen LogP contribution in [-0.4, -0.2) is 28.7 Å². The molecule has 0 N–H and O–H groups in total. The molecule has 0 aromatic rings. The first kappa shape index (κ1) is 12.7. The van der Waals surface area contributed by atoms with E-state index < -0.39 is 0 Å². The SMILES string of the molecule is CSC1=C(N2CCCC2)CC(C)(C)C[C]1=[Co]. The van der Waals surface area contributed by atoms with Gasteiger partial charge in [0, 0.05) is 0 Å². The fourth-order valence-electron chi connectivity index (χ4n) is 2.69. The van der Waals surface area contributed by atoms with Gasteiger partial charge in [0.2, 0.25) is 0 Å². The molecule has 0 aromatic carbocycles. The second-order valence-corrected chi connectivity index (χ2v) is 7.01. The van der Waals surface area contributed by atoms with Gasteiger partial charge in [-0.05, 0) is 0 Å². The zero-order valence-electron chi connectivity index (χ0n) is 10.4. The van der Waals surface area contributed by atoms with Crippen LogP contribution in [0.2, 0.25) is 0 Å². The van der Waals surface area contributed by atoms with E-state index in [0.29, 0.717) is 5.41 Å². The second kappa shape index (κ2) is 4.87. The van der Waals surface area contributed by atoms with Gasteiger partial charge in [-0.15, -0.1) is 0 Å². The Kier molecular flexibility index (Phi) is 3.87. The van der Waals surface area contributed by atoms with E-state index in [1.807, 2.05) is 11.8 Å². The van der Waals surface area contributed by atoms with Gasteiger partial charge in [0.1, 0.15) is 0 Å². The Morgan fingerprint density at radius 1 is 1.19 bits per heavy atom. The van der Waals surface area contributed by atoms with Crippen molar-refractivity contribution >= 4 is 16.2 Å². The standard InChI is InChI=1S/C13H21NS.Co/c1-13(2)7-6-12(15-3)11(10-13)14-8-4-5-9-14;/h4-5,7-10H2,1-3H3;. The van der Waals surface area contributed by atoms with E-state index in [-0.39, 0.29) is 0 Å². The van der Waals surface area contributed by atoms with Crippen molar-refractivity contribution < 1.29 is 15.3 Å². The summed E-state index contributed by atoms with van der Waals surface area (Å²) < 4.78 is 1.29. The van der Waals surface area contributed by atoms with Crippen LogP contribution in [0.25, 0.3) is 0 Å². The third-order valence-electron chi connectivity index (χ3n) is 3.46. The van der Waals surface area contributed by atoms with Gasteiger partial charge in [0.25, 0.3) is 0 Å². The third-order valence-corrected chi connectivity index (χ3v) is 4.95. The Morgan fingerprint density at radius 3 is 2.38 bits per heavy atom. The van der Waals surface area contributed by atoms with Crippen LogP contribution in [0.3, 0.4) is 0 Å². The van der Waals surface area contributed by atoms with E-state index in [2.05, 4.69) is 25.0 Å². The zero-order chi connectivity index (χ0) is 11.8. The topological polar surface area (TPSA) is 3.24 Å². The molecule has 1 aliphatic heterocycles. The van der Waals surface area contributed by atoms with Gasteiger partial charge in [-0.25, -0.2) is 0 Å². The van der Waals surface area contributed by atoms with E-state index in [4.69, 9.17) is 15.3 Å². The summed E-state index contributed by atoms with van der Waals surface area (Å²) in [7, 11) is 0. The molecule has 2 aliphatic rings. The Balaban J connectivity index is 2.31. The summed E-state index contributed by atoms with van der Waals surface area (Å²) in [5.41, 5.74) is 1.94. The number of hydrogen-bond donors (Lipinski definition) is 0. The molecule has 0 saturated carbocycles. The first-order valence-electron chi connectivity index (χ1n) is 6.05. The molecule has 0 aromatic heterocycles. The molecule has 0 spiro atoms. The van der Waals surface area contributed by atoms with Gasteiger partial charge >= 0.3 is 111 Å². The van der Waals surface area contributed by atoms with Crippen molar-refractivity contribution in [3.8, 4) is 0 Å². The van der Waals surface area contributed by atoms with E-state index in [1.54, 1.807) is 5.70 Å². The number of nitrogens with zero attached hydrogens (tertiary/aromatic N) is 1. The van der Waals surface area contributed by atoms with E-state index in [0.717, 1.165) is 6.42 Å². The average molecular weight is 282 g/mol. The van der Waals surface area contributed by atoms with Crippen LogP contribution in [0.5, 0.6) is 0 Å². The monoisotopic (exact) mass is 282 g/mol. The molecule has 16 heavy (non-hydrogen) atoms. The minimum atomic E-state index is 0.381. The maximum atomic E-state index is 4.77. The van der Waals surface area contributed by atoms with Crippen molar-refractivity contribution in [1.29, 1.82) is 0 Å². The first-order chi connectivity index (χ1) is 7.53. The number of likely N-dealkylation sites (tertiary alicyclic amines) is 1. The van der Waals surface area contributed by atoms with Gasteiger partial charge in [0.05, 0.1) is 0 Å². The van der Waals surface area contributed by atoms with Crippen molar-refractivity contribution in [3.63, 3.8) is 0 Å². The number of hydrogen-bond acceptors (Lipinski definition) is 2. The number of rotatable bonds is 2. The molecule has 1 nitrogen and oxygen atoms in total. The third kappa shape index (κ3) is 2.57. The molecule has 0 bridgehead atoms. The second-order valence-electron chi connectivity index (χ2n) is 5.57. The van der Waals surface area contributed by atoms with Gasteiger partial charge in [0.15, 0.2) is 0 Å². The molecule has 1 fully saturated rings. The normalized spacial score (nSPS) is 25.5. The average Bonchev–Trinajstić information content (AvgIpc) is 2.67. The molecule has 1 saturated heterocycles. The van der Waals surface area contributed by atoms with Gasteiger partial charge < -0.3 is 0 Å². The van der Waals surface area contributed by atoms with Crippen molar-refractivity contribution in [3.05, 3.63) is 10.6 Å². The molecule has 0 unspecified atom stereocenters. The zero-order valence-corrected chi connectivity index (χ0v) is 12.3. The van der Waals surface area contributed by atoms with Gasteiger partial charge in [-0.1, -0.05) is 0 Å². The summed E-state index contributed by atoms with van der Waals surface area (Å²) in [5.74, 6) is 0. The summed E-state index contributed by atoms with van der Waals surface area (Å²) >= 11 is 6.64. The number of allylic oxidation sites excluding steroid dienone is 2.